The molecule has 0 heterocycles. The highest BCUT2D eigenvalue weighted by Crippen LogP contribution is 2.15. The van der Waals surface area contributed by atoms with Crippen LogP contribution in [-0.2, 0) is 28.6 Å². The number of unbranched alkanes of at least 4 members (excludes halogenated alkanes) is 27. The minimum atomic E-state index is -0.792. The molecule has 0 aromatic carbocycles. The van der Waals surface area contributed by atoms with Crippen LogP contribution in [0.1, 0.15) is 284 Å². The van der Waals surface area contributed by atoms with Crippen LogP contribution in [0.5, 0.6) is 0 Å². The summed E-state index contributed by atoms with van der Waals surface area (Å²) in [5.74, 6) is -0.913. The Kier molecular flexibility index (Phi) is 56.8. The summed E-state index contributed by atoms with van der Waals surface area (Å²) < 4.78 is 16.9. The molecule has 0 aromatic rings. The number of esters is 3. The zero-order valence-corrected chi connectivity index (χ0v) is 47.2. The summed E-state index contributed by atoms with van der Waals surface area (Å²) in [7, 11) is 0. The normalized spacial score (nSPS) is 12.8. The highest BCUT2D eigenvalue weighted by atomic mass is 16.6. The van der Waals surface area contributed by atoms with Gasteiger partial charge < -0.3 is 14.2 Å². The lowest BCUT2D eigenvalue weighted by Crippen LogP contribution is -2.30. The van der Waals surface area contributed by atoms with Crippen molar-refractivity contribution in [3.05, 3.63) is 97.2 Å². The number of allylic oxidation sites excluding steroid dienone is 16. The fourth-order valence-electron chi connectivity index (χ4n) is 8.25. The van der Waals surface area contributed by atoms with Crippen LogP contribution in [0.4, 0.5) is 0 Å². The van der Waals surface area contributed by atoms with Gasteiger partial charge in [0.15, 0.2) is 6.10 Å². The molecule has 0 aliphatic carbocycles. The maximum atomic E-state index is 12.9. The average molecular weight is 1000 g/mol. The number of hydrogen-bond acceptors (Lipinski definition) is 6. The molecule has 0 aliphatic rings. The molecule has 6 heteroatoms. The molecule has 0 aromatic heterocycles. The van der Waals surface area contributed by atoms with Crippen molar-refractivity contribution in [1.82, 2.24) is 0 Å². The highest BCUT2D eigenvalue weighted by molar-refractivity contribution is 5.71. The Hall–Kier alpha value is -3.67. The molecule has 412 valence electrons. The lowest BCUT2D eigenvalue weighted by molar-refractivity contribution is -0.167. The molecule has 1 unspecified atom stereocenters. The van der Waals surface area contributed by atoms with E-state index in [2.05, 4.69) is 118 Å². The predicted molar refractivity (Wildman–Crippen MR) is 311 cm³/mol. The molecule has 1 atom stereocenters. The maximum Gasteiger partial charge on any atom is 0.306 e. The van der Waals surface area contributed by atoms with E-state index in [1.54, 1.807) is 0 Å². The van der Waals surface area contributed by atoms with E-state index in [4.69, 9.17) is 14.2 Å². The van der Waals surface area contributed by atoms with Crippen LogP contribution in [0.15, 0.2) is 97.2 Å². The molecular weight excluding hydrogens is 889 g/mol. The summed E-state index contributed by atoms with van der Waals surface area (Å²) in [6.07, 6.45) is 79.7. The van der Waals surface area contributed by atoms with Crippen LogP contribution in [0.2, 0.25) is 0 Å². The van der Waals surface area contributed by atoms with Gasteiger partial charge in [-0.2, -0.15) is 0 Å². The molecule has 0 fully saturated rings. The van der Waals surface area contributed by atoms with Gasteiger partial charge in [0.2, 0.25) is 0 Å². The van der Waals surface area contributed by atoms with Crippen molar-refractivity contribution in [3.8, 4) is 0 Å². The molecule has 0 saturated carbocycles. The average Bonchev–Trinajstić information content (AvgIpc) is 3.38. The second kappa shape index (κ2) is 59.9. The first kappa shape index (κ1) is 68.3. The molecule has 0 rings (SSSR count). The third kappa shape index (κ3) is 57.2. The second-order valence-electron chi connectivity index (χ2n) is 19.9. The number of carbonyl (C=O) groups is 3. The van der Waals surface area contributed by atoms with Gasteiger partial charge in [-0.3, -0.25) is 14.4 Å². The number of carbonyl (C=O) groups excluding carboxylic acids is 3. The molecule has 0 saturated heterocycles. The Labute approximate surface area is 445 Å². The van der Waals surface area contributed by atoms with Crippen molar-refractivity contribution >= 4 is 17.9 Å². The van der Waals surface area contributed by atoms with Crippen LogP contribution in [0, 0.1) is 0 Å². The van der Waals surface area contributed by atoms with Crippen molar-refractivity contribution in [2.75, 3.05) is 13.2 Å². The predicted octanol–water partition coefficient (Wildman–Crippen LogP) is 20.5. The quantitative estimate of drug-likeness (QED) is 0.0261. The Balaban J connectivity index is 4.33. The van der Waals surface area contributed by atoms with Crippen molar-refractivity contribution in [1.29, 1.82) is 0 Å². The lowest BCUT2D eigenvalue weighted by atomic mass is 10.0. The standard InChI is InChI=1S/C66H112O6/c1-4-7-10-13-16-19-22-25-28-29-30-31-32-33-34-35-36-37-39-41-44-47-50-53-56-59-65(68)71-62-63(61-70-64(67)58-55-52-49-46-43-40-27-24-21-18-15-12-9-6-3)72-66(69)60-57-54-51-48-45-42-38-26-23-20-17-14-11-8-5-2/h7,10,15-20,24-28,30-31,38,63H,4-6,8-9,11-14,21-23,29,32-37,39-62H2,1-3H3/b10-7-,18-15-,19-16-,20-17-,27-24-,28-25-,31-30-,38-26-. The summed E-state index contributed by atoms with van der Waals surface area (Å²) >= 11 is 0. The fraction of sp³-hybridized carbons (Fsp3) is 0.712. The largest absolute Gasteiger partial charge is 0.462 e. The third-order valence-corrected chi connectivity index (χ3v) is 12.8. The molecule has 0 bridgehead atoms. The van der Waals surface area contributed by atoms with Crippen molar-refractivity contribution in [3.63, 3.8) is 0 Å². The summed E-state index contributed by atoms with van der Waals surface area (Å²) in [6.45, 7) is 6.45. The van der Waals surface area contributed by atoms with E-state index in [0.717, 1.165) is 135 Å². The van der Waals surface area contributed by atoms with Crippen LogP contribution < -0.4 is 0 Å². The molecule has 0 spiro atoms. The number of ether oxygens (including phenoxy) is 3. The summed E-state index contributed by atoms with van der Waals surface area (Å²) in [4.78, 5) is 38.2. The smallest absolute Gasteiger partial charge is 0.306 e. The van der Waals surface area contributed by atoms with Gasteiger partial charge in [0, 0.05) is 19.3 Å². The monoisotopic (exact) mass is 1000 g/mol. The number of rotatable bonds is 54. The van der Waals surface area contributed by atoms with Crippen LogP contribution in [0.3, 0.4) is 0 Å². The summed E-state index contributed by atoms with van der Waals surface area (Å²) in [5.41, 5.74) is 0. The van der Waals surface area contributed by atoms with Gasteiger partial charge in [-0.05, 0) is 116 Å². The van der Waals surface area contributed by atoms with Gasteiger partial charge in [0.1, 0.15) is 13.2 Å². The van der Waals surface area contributed by atoms with E-state index in [0.29, 0.717) is 19.3 Å². The van der Waals surface area contributed by atoms with Gasteiger partial charge in [0.05, 0.1) is 0 Å². The first-order chi connectivity index (χ1) is 35.5. The molecule has 0 N–H and O–H groups in total. The minimum Gasteiger partial charge on any atom is -0.462 e. The topological polar surface area (TPSA) is 78.9 Å². The zero-order valence-electron chi connectivity index (χ0n) is 47.2. The van der Waals surface area contributed by atoms with Crippen LogP contribution >= 0.6 is 0 Å². The Morgan fingerprint density at radius 2 is 0.556 bits per heavy atom. The molecule has 0 amide bonds. The van der Waals surface area contributed by atoms with Gasteiger partial charge >= 0.3 is 17.9 Å². The van der Waals surface area contributed by atoms with E-state index >= 15 is 0 Å². The summed E-state index contributed by atoms with van der Waals surface area (Å²) in [6, 6.07) is 0. The Morgan fingerprint density at radius 3 is 0.889 bits per heavy atom. The maximum absolute atomic E-state index is 12.9. The van der Waals surface area contributed by atoms with E-state index in [1.807, 2.05) is 0 Å². The van der Waals surface area contributed by atoms with Crippen LogP contribution in [0.25, 0.3) is 0 Å². The van der Waals surface area contributed by atoms with E-state index in [1.165, 1.54) is 109 Å². The molecule has 6 nitrogen and oxygen atoms in total. The SMILES string of the molecule is CC/C=C\C/C=C\C/C=C\C/C=C\CCCCCCCCCCCCCCC(=O)OCC(COC(=O)CCCCCCC/C=C\C/C=C\CCCC)OC(=O)CCCCCCC/C=C\C/C=C\CCCCC. The lowest BCUT2D eigenvalue weighted by Gasteiger charge is -2.18. The molecule has 0 aliphatic heterocycles. The first-order valence-electron chi connectivity index (χ1n) is 30.2. The Bertz CT molecular complexity index is 1430. The highest BCUT2D eigenvalue weighted by Gasteiger charge is 2.19. The minimum absolute atomic E-state index is 0.0884. The second-order valence-corrected chi connectivity index (χ2v) is 19.9. The zero-order chi connectivity index (χ0) is 52.2. The Morgan fingerprint density at radius 1 is 0.292 bits per heavy atom. The van der Waals surface area contributed by atoms with Crippen molar-refractivity contribution < 1.29 is 28.6 Å². The molecule has 0 radical (unpaired) electrons. The van der Waals surface area contributed by atoms with Gasteiger partial charge in [-0.1, -0.05) is 246 Å². The van der Waals surface area contributed by atoms with Crippen molar-refractivity contribution in [2.45, 2.75) is 290 Å². The molecular formula is C66H112O6. The van der Waals surface area contributed by atoms with Crippen molar-refractivity contribution in [2.24, 2.45) is 0 Å². The molecule has 72 heavy (non-hydrogen) atoms. The van der Waals surface area contributed by atoms with E-state index in [9.17, 15) is 14.4 Å². The third-order valence-electron chi connectivity index (χ3n) is 12.8. The van der Waals surface area contributed by atoms with Gasteiger partial charge in [0.25, 0.3) is 0 Å². The van der Waals surface area contributed by atoms with Crippen LogP contribution in [-0.4, -0.2) is 37.2 Å². The fourth-order valence-corrected chi connectivity index (χ4v) is 8.25. The first-order valence-corrected chi connectivity index (χ1v) is 30.2. The number of hydrogen-bond donors (Lipinski definition) is 0. The van der Waals surface area contributed by atoms with Gasteiger partial charge in [-0.15, -0.1) is 0 Å². The van der Waals surface area contributed by atoms with E-state index in [-0.39, 0.29) is 31.1 Å². The summed E-state index contributed by atoms with van der Waals surface area (Å²) in [5, 5.41) is 0. The van der Waals surface area contributed by atoms with E-state index < -0.39 is 6.10 Å². The van der Waals surface area contributed by atoms with Gasteiger partial charge in [-0.25, -0.2) is 0 Å².